The van der Waals surface area contributed by atoms with E-state index in [0.717, 1.165) is 10.7 Å². The Morgan fingerprint density at radius 3 is 2.13 bits per heavy atom. The van der Waals surface area contributed by atoms with Gasteiger partial charge in [-0.15, -0.1) is 0 Å². The normalized spacial score (nSPS) is 11.6. The number of ketones is 1. The van der Waals surface area contributed by atoms with Gasteiger partial charge in [-0.2, -0.15) is 0 Å². The smallest absolute Gasteiger partial charge is 0.428 e. The van der Waals surface area contributed by atoms with Gasteiger partial charge in [-0.3, -0.25) is 19.9 Å². The van der Waals surface area contributed by atoms with E-state index in [-0.39, 0.29) is 34.4 Å². The molecular weight excluding hydrogens is 666 g/mol. The number of aromatic nitrogens is 3. The SMILES string of the molecule is CNc1ccc(C#Cc2cc(-c3nc(C)nc(NN(C)C(=O)OC(C)(C)C)c3C(C)=O)cc(NC(=O)C(C)N(C)C(=O)OC(C)(C)C)n2)cc1C=N. The summed E-state index contributed by atoms with van der Waals surface area (Å²) >= 11 is 0. The summed E-state index contributed by atoms with van der Waals surface area (Å²) in [6, 6.07) is 7.49. The molecule has 0 spiro atoms. The highest BCUT2D eigenvalue weighted by molar-refractivity contribution is 6.05. The molecule has 0 radical (unpaired) electrons. The molecule has 0 saturated carbocycles. The predicted molar refractivity (Wildman–Crippen MR) is 200 cm³/mol. The fraction of sp³-hybridized carbons (Fsp3) is 0.405. The topological polar surface area (TPSA) is 192 Å². The van der Waals surface area contributed by atoms with E-state index >= 15 is 0 Å². The maximum atomic E-state index is 13.5. The van der Waals surface area contributed by atoms with Crippen molar-refractivity contribution in [3.05, 3.63) is 58.5 Å². The Morgan fingerprint density at radius 2 is 1.56 bits per heavy atom. The highest BCUT2D eigenvalue weighted by Crippen LogP contribution is 2.30. The number of anilines is 3. The van der Waals surface area contributed by atoms with Crippen LogP contribution in [0.2, 0.25) is 0 Å². The van der Waals surface area contributed by atoms with Gasteiger partial charge in [0.15, 0.2) is 11.6 Å². The molecule has 3 aromatic rings. The molecule has 52 heavy (non-hydrogen) atoms. The quantitative estimate of drug-likeness (QED) is 0.0897. The molecule has 2 aromatic heterocycles. The van der Waals surface area contributed by atoms with Crippen LogP contribution in [0.5, 0.6) is 0 Å². The molecule has 0 aliphatic carbocycles. The number of carbonyl (C=O) groups is 4. The maximum Gasteiger partial charge on any atom is 0.428 e. The van der Waals surface area contributed by atoms with E-state index in [1.807, 2.05) is 0 Å². The van der Waals surface area contributed by atoms with Crippen molar-refractivity contribution in [3.63, 3.8) is 0 Å². The summed E-state index contributed by atoms with van der Waals surface area (Å²) in [6.07, 6.45) is -0.174. The molecule has 3 amide bonds. The first kappa shape index (κ1) is 40.4. The third-order valence-electron chi connectivity index (χ3n) is 7.12. The molecule has 0 fully saturated rings. The molecular formula is C37H47N9O6. The highest BCUT2D eigenvalue weighted by Gasteiger charge is 2.28. The van der Waals surface area contributed by atoms with Gasteiger partial charge >= 0.3 is 12.2 Å². The third kappa shape index (κ3) is 11.0. The van der Waals surface area contributed by atoms with Crippen LogP contribution in [0.4, 0.5) is 26.9 Å². The Morgan fingerprint density at radius 1 is 0.923 bits per heavy atom. The minimum atomic E-state index is -0.964. The summed E-state index contributed by atoms with van der Waals surface area (Å²) in [6.45, 7) is 14.9. The van der Waals surface area contributed by atoms with E-state index in [2.05, 4.69) is 42.9 Å². The van der Waals surface area contributed by atoms with Crippen LogP contribution in [0.3, 0.4) is 0 Å². The van der Waals surface area contributed by atoms with Gasteiger partial charge in [-0.1, -0.05) is 5.92 Å². The van der Waals surface area contributed by atoms with Gasteiger partial charge in [0.2, 0.25) is 5.91 Å². The van der Waals surface area contributed by atoms with Crippen molar-refractivity contribution in [1.82, 2.24) is 24.9 Å². The van der Waals surface area contributed by atoms with E-state index < -0.39 is 41.1 Å². The summed E-state index contributed by atoms with van der Waals surface area (Å²) in [4.78, 5) is 66.8. The minimum absolute atomic E-state index is 0.0507. The fourth-order valence-electron chi connectivity index (χ4n) is 4.55. The van der Waals surface area contributed by atoms with Gasteiger partial charge in [0.25, 0.3) is 0 Å². The largest absolute Gasteiger partial charge is 0.444 e. The number of ether oxygens (including phenoxy) is 2. The van der Waals surface area contributed by atoms with Crippen LogP contribution in [0.15, 0.2) is 30.3 Å². The molecule has 0 saturated heterocycles. The van der Waals surface area contributed by atoms with Crippen molar-refractivity contribution < 1.29 is 28.7 Å². The number of nitrogens with zero attached hydrogens (tertiary/aromatic N) is 5. The number of nitrogens with one attached hydrogen (secondary N) is 4. The fourth-order valence-corrected chi connectivity index (χ4v) is 4.55. The van der Waals surface area contributed by atoms with Gasteiger partial charge < -0.3 is 25.5 Å². The number of carbonyl (C=O) groups excluding carboxylic acids is 4. The van der Waals surface area contributed by atoms with Crippen molar-refractivity contribution >= 4 is 47.4 Å². The molecule has 1 aromatic carbocycles. The van der Waals surface area contributed by atoms with E-state index in [1.54, 1.807) is 86.7 Å². The second-order valence-corrected chi connectivity index (χ2v) is 13.9. The van der Waals surface area contributed by atoms with E-state index in [1.165, 1.54) is 38.2 Å². The Hall–Kier alpha value is -6.04. The molecule has 1 unspecified atom stereocenters. The van der Waals surface area contributed by atoms with Gasteiger partial charge in [0.1, 0.15) is 34.6 Å². The van der Waals surface area contributed by atoms with Crippen molar-refractivity contribution in [2.24, 2.45) is 0 Å². The van der Waals surface area contributed by atoms with Crippen LogP contribution < -0.4 is 16.1 Å². The van der Waals surface area contributed by atoms with E-state index in [0.29, 0.717) is 16.7 Å². The zero-order valence-corrected chi connectivity index (χ0v) is 31.7. The summed E-state index contributed by atoms with van der Waals surface area (Å²) in [5.74, 6) is 5.46. The molecule has 3 rings (SSSR count). The van der Waals surface area contributed by atoms with Crippen molar-refractivity contribution in [2.45, 2.75) is 79.6 Å². The Balaban J connectivity index is 2.17. The lowest BCUT2D eigenvalue weighted by molar-refractivity contribution is -0.120. The molecule has 276 valence electrons. The number of benzene rings is 1. The first-order valence-corrected chi connectivity index (χ1v) is 16.4. The maximum absolute atomic E-state index is 13.5. The number of aryl methyl sites for hydroxylation is 1. The van der Waals surface area contributed by atoms with Crippen LogP contribution in [0.1, 0.15) is 88.4 Å². The molecule has 2 heterocycles. The molecule has 0 aliphatic heterocycles. The first-order valence-electron chi connectivity index (χ1n) is 16.4. The Kier molecular flexibility index (Phi) is 12.7. The average molecular weight is 714 g/mol. The third-order valence-corrected chi connectivity index (χ3v) is 7.12. The second-order valence-electron chi connectivity index (χ2n) is 13.9. The molecule has 1 atom stereocenters. The number of likely N-dealkylation sites (N-methyl/N-ethyl adjacent to an activating group) is 1. The van der Waals surface area contributed by atoms with Gasteiger partial charge in [0, 0.05) is 49.7 Å². The number of pyridine rings is 1. The molecule has 15 nitrogen and oxygen atoms in total. The lowest BCUT2D eigenvalue weighted by Crippen LogP contribution is -2.45. The predicted octanol–water partition coefficient (Wildman–Crippen LogP) is 5.88. The summed E-state index contributed by atoms with van der Waals surface area (Å²) < 4.78 is 10.9. The van der Waals surface area contributed by atoms with Crippen LogP contribution in [0.25, 0.3) is 11.3 Å². The molecule has 0 aliphatic rings. The molecule has 4 N–H and O–H groups in total. The van der Waals surface area contributed by atoms with Crippen molar-refractivity contribution in [1.29, 1.82) is 5.41 Å². The monoisotopic (exact) mass is 713 g/mol. The van der Waals surface area contributed by atoms with Crippen LogP contribution in [0, 0.1) is 24.2 Å². The Labute approximate surface area is 304 Å². The number of amides is 3. The number of Topliss-reactive ketones (excluding diaryl/α,β-unsaturated/α-hetero) is 1. The lowest BCUT2D eigenvalue weighted by atomic mass is 10.0. The van der Waals surface area contributed by atoms with Gasteiger partial charge in [-0.25, -0.2) is 29.5 Å². The van der Waals surface area contributed by atoms with Crippen molar-refractivity contribution in [2.75, 3.05) is 37.2 Å². The second kappa shape index (κ2) is 16.3. The number of hydrogen-bond donors (Lipinski definition) is 4. The summed E-state index contributed by atoms with van der Waals surface area (Å²) in [5, 5.41) is 14.6. The molecule has 0 bridgehead atoms. The average Bonchev–Trinajstić information content (AvgIpc) is 3.04. The summed E-state index contributed by atoms with van der Waals surface area (Å²) in [7, 11) is 4.64. The van der Waals surface area contributed by atoms with Gasteiger partial charge in [-0.05, 0) is 98.6 Å². The van der Waals surface area contributed by atoms with E-state index in [4.69, 9.17) is 14.9 Å². The number of rotatable bonds is 9. The zero-order valence-electron chi connectivity index (χ0n) is 31.7. The van der Waals surface area contributed by atoms with Crippen LogP contribution in [-0.2, 0) is 14.3 Å². The number of hydrogen-bond acceptors (Lipinski definition) is 12. The van der Waals surface area contributed by atoms with Gasteiger partial charge in [0.05, 0.1) is 11.3 Å². The Bertz CT molecular complexity index is 1940. The standard InChI is InChI=1S/C37H47N9O6/c1-21(45(11)34(49)51-36(4,5)6)33(48)43-29-19-25(18-27(42-29)15-13-24-14-16-28(39-10)26(17-24)20-38)31-30(22(2)47)32(41-23(3)40-31)44-46(12)35(50)52-37(7,8)9/h14,16-21,38-39H,1-12H3,(H,40,41,44)(H,42,43,48). The van der Waals surface area contributed by atoms with E-state index in [9.17, 15) is 19.2 Å². The van der Waals surface area contributed by atoms with Crippen LogP contribution >= 0.6 is 0 Å². The van der Waals surface area contributed by atoms with Crippen LogP contribution in [-0.4, -0.2) is 93.3 Å². The molecule has 15 heteroatoms. The van der Waals surface area contributed by atoms with Crippen molar-refractivity contribution in [3.8, 4) is 23.1 Å². The lowest BCUT2D eigenvalue weighted by Gasteiger charge is -2.28. The highest BCUT2D eigenvalue weighted by atomic mass is 16.6. The summed E-state index contributed by atoms with van der Waals surface area (Å²) in [5.41, 5.74) is 4.10. The zero-order chi connectivity index (χ0) is 39.1. The minimum Gasteiger partial charge on any atom is -0.444 e. The number of hydrazine groups is 1. The first-order chi connectivity index (χ1) is 24.1.